The first-order valence-corrected chi connectivity index (χ1v) is 6.86. The van der Waals surface area contributed by atoms with Crippen molar-refractivity contribution in [1.29, 1.82) is 0 Å². The van der Waals surface area contributed by atoms with E-state index in [4.69, 9.17) is 9.47 Å². The summed E-state index contributed by atoms with van der Waals surface area (Å²) >= 11 is 0. The highest BCUT2D eigenvalue weighted by molar-refractivity contribution is 5.35. The molecule has 112 valence electrons. The third-order valence-corrected chi connectivity index (χ3v) is 2.95. The Bertz CT molecular complexity index is 600. The molecule has 2 rings (SSSR count). The van der Waals surface area contributed by atoms with E-state index in [0.717, 1.165) is 5.56 Å². The van der Waals surface area contributed by atoms with Crippen molar-refractivity contribution in [3.05, 3.63) is 47.5 Å². The highest BCUT2D eigenvalue weighted by Gasteiger charge is 2.11. The van der Waals surface area contributed by atoms with Crippen molar-refractivity contribution in [2.45, 2.75) is 33.0 Å². The number of hydrogen-bond acceptors (Lipinski definition) is 5. The third-order valence-electron chi connectivity index (χ3n) is 2.95. The fourth-order valence-electron chi connectivity index (χ4n) is 1.89. The Balaban J connectivity index is 2.24. The fourth-order valence-corrected chi connectivity index (χ4v) is 1.89. The molecule has 5 heteroatoms. The molecule has 0 saturated heterocycles. The maximum absolute atomic E-state index is 9.45. The molecule has 0 aliphatic heterocycles. The van der Waals surface area contributed by atoms with Gasteiger partial charge in [0, 0.05) is 13.0 Å². The van der Waals surface area contributed by atoms with E-state index in [1.165, 1.54) is 0 Å². The van der Waals surface area contributed by atoms with Crippen molar-refractivity contribution in [3.8, 4) is 11.5 Å². The first kappa shape index (κ1) is 15.4. The molecule has 5 nitrogen and oxygen atoms in total. The fraction of sp³-hybridized carbons (Fsp3) is 0.375. The number of benzene rings is 1. The second-order valence-electron chi connectivity index (χ2n) is 5.03. The lowest BCUT2D eigenvalue weighted by atomic mass is 10.2. The second-order valence-corrected chi connectivity index (χ2v) is 5.03. The van der Waals surface area contributed by atoms with Crippen LogP contribution in [0, 0.1) is 0 Å². The molecule has 0 atom stereocenters. The van der Waals surface area contributed by atoms with Gasteiger partial charge in [-0.2, -0.15) is 0 Å². The summed E-state index contributed by atoms with van der Waals surface area (Å²) in [7, 11) is 1.65. The molecule has 1 N–H and O–H groups in total. The molecule has 0 spiro atoms. The second kappa shape index (κ2) is 7.15. The zero-order valence-electron chi connectivity index (χ0n) is 12.5. The molecule has 0 bridgehead atoms. The first-order valence-electron chi connectivity index (χ1n) is 6.86. The monoisotopic (exact) mass is 288 g/mol. The van der Waals surface area contributed by atoms with Crippen LogP contribution in [0.3, 0.4) is 0 Å². The SMILES string of the molecule is COCc1cccc(Oc2cnc(C(C)C)nc2CO)c1. The van der Waals surface area contributed by atoms with Gasteiger partial charge in [-0.1, -0.05) is 26.0 Å². The van der Waals surface area contributed by atoms with Gasteiger partial charge in [0.15, 0.2) is 5.75 Å². The highest BCUT2D eigenvalue weighted by atomic mass is 16.5. The van der Waals surface area contributed by atoms with Crippen LogP contribution in [0.4, 0.5) is 0 Å². The maximum atomic E-state index is 9.45. The van der Waals surface area contributed by atoms with Gasteiger partial charge in [-0.05, 0) is 17.7 Å². The molecule has 0 unspecified atom stereocenters. The lowest BCUT2D eigenvalue weighted by Gasteiger charge is -2.12. The Kier molecular flexibility index (Phi) is 5.25. The molecule has 0 aliphatic rings. The molecule has 0 amide bonds. The molecule has 0 radical (unpaired) electrons. The molecule has 0 aliphatic carbocycles. The molecule has 1 aromatic carbocycles. The van der Waals surface area contributed by atoms with Gasteiger partial charge in [0.25, 0.3) is 0 Å². The van der Waals surface area contributed by atoms with Crippen LogP contribution >= 0.6 is 0 Å². The summed E-state index contributed by atoms with van der Waals surface area (Å²) in [5.41, 5.74) is 1.51. The van der Waals surface area contributed by atoms with Crippen LogP contribution in [0.2, 0.25) is 0 Å². The Labute approximate surface area is 124 Å². The van der Waals surface area contributed by atoms with Gasteiger partial charge in [0.2, 0.25) is 0 Å². The lowest BCUT2D eigenvalue weighted by molar-refractivity contribution is 0.184. The summed E-state index contributed by atoms with van der Waals surface area (Å²) in [4.78, 5) is 8.60. The predicted octanol–water partition coefficient (Wildman–Crippen LogP) is 3.03. The largest absolute Gasteiger partial charge is 0.454 e. The number of methoxy groups -OCH3 is 1. The summed E-state index contributed by atoms with van der Waals surface area (Å²) in [6.45, 7) is 4.35. The van der Waals surface area contributed by atoms with Gasteiger partial charge < -0.3 is 14.6 Å². The zero-order chi connectivity index (χ0) is 15.2. The minimum Gasteiger partial charge on any atom is -0.454 e. The smallest absolute Gasteiger partial charge is 0.169 e. The number of hydrogen-bond donors (Lipinski definition) is 1. The number of rotatable bonds is 6. The number of ether oxygens (including phenoxy) is 2. The van der Waals surface area contributed by atoms with Crippen LogP contribution in [0.5, 0.6) is 11.5 Å². The van der Waals surface area contributed by atoms with Gasteiger partial charge in [-0.25, -0.2) is 9.97 Å². The lowest BCUT2D eigenvalue weighted by Crippen LogP contribution is -2.03. The van der Waals surface area contributed by atoms with E-state index in [1.54, 1.807) is 13.3 Å². The molecule has 0 saturated carbocycles. The summed E-state index contributed by atoms with van der Waals surface area (Å²) in [6, 6.07) is 7.59. The number of aliphatic hydroxyl groups excluding tert-OH is 1. The van der Waals surface area contributed by atoms with E-state index in [1.807, 2.05) is 38.1 Å². The van der Waals surface area contributed by atoms with Gasteiger partial charge in [-0.15, -0.1) is 0 Å². The zero-order valence-corrected chi connectivity index (χ0v) is 12.5. The molecule has 2 aromatic rings. The van der Waals surface area contributed by atoms with Gasteiger partial charge in [0.1, 0.15) is 17.3 Å². The van der Waals surface area contributed by atoms with E-state index in [-0.39, 0.29) is 12.5 Å². The molecular formula is C16H20N2O3. The molecule has 1 aromatic heterocycles. The number of nitrogens with zero attached hydrogens (tertiary/aromatic N) is 2. The van der Waals surface area contributed by atoms with Crippen LogP contribution < -0.4 is 4.74 Å². The van der Waals surface area contributed by atoms with Crippen LogP contribution in [-0.2, 0) is 18.0 Å². The molecule has 21 heavy (non-hydrogen) atoms. The topological polar surface area (TPSA) is 64.5 Å². The van der Waals surface area contributed by atoms with Crippen molar-refractivity contribution in [3.63, 3.8) is 0 Å². The van der Waals surface area contributed by atoms with Gasteiger partial charge >= 0.3 is 0 Å². The van der Waals surface area contributed by atoms with Crippen LogP contribution in [0.1, 0.15) is 36.8 Å². The Morgan fingerprint density at radius 3 is 2.76 bits per heavy atom. The average Bonchev–Trinajstić information content (AvgIpc) is 2.48. The summed E-state index contributed by atoms with van der Waals surface area (Å²) in [5.74, 6) is 2.03. The standard InChI is InChI=1S/C16H20N2O3/c1-11(2)16-17-8-15(14(9-19)18-16)21-13-6-4-5-12(7-13)10-20-3/h4-8,11,19H,9-10H2,1-3H3. The first-order chi connectivity index (χ1) is 10.1. The van der Waals surface area contributed by atoms with Crippen LogP contribution in [-0.4, -0.2) is 22.2 Å². The van der Waals surface area contributed by atoms with Crippen molar-refractivity contribution < 1.29 is 14.6 Å². The van der Waals surface area contributed by atoms with E-state index in [9.17, 15) is 5.11 Å². The van der Waals surface area contributed by atoms with E-state index >= 15 is 0 Å². The van der Waals surface area contributed by atoms with Crippen LogP contribution in [0.15, 0.2) is 30.5 Å². The van der Waals surface area contributed by atoms with Crippen molar-refractivity contribution in [1.82, 2.24) is 9.97 Å². The van der Waals surface area contributed by atoms with Gasteiger partial charge in [0.05, 0.1) is 19.4 Å². The average molecular weight is 288 g/mol. The maximum Gasteiger partial charge on any atom is 0.169 e. The van der Waals surface area contributed by atoms with Crippen molar-refractivity contribution in [2.24, 2.45) is 0 Å². The van der Waals surface area contributed by atoms with Crippen LogP contribution in [0.25, 0.3) is 0 Å². The highest BCUT2D eigenvalue weighted by Crippen LogP contribution is 2.25. The summed E-state index contributed by atoms with van der Waals surface area (Å²) in [5, 5.41) is 9.45. The minimum atomic E-state index is -0.185. The number of aromatic nitrogens is 2. The summed E-state index contributed by atoms with van der Waals surface area (Å²) < 4.78 is 10.9. The predicted molar refractivity (Wildman–Crippen MR) is 79.3 cm³/mol. The van der Waals surface area contributed by atoms with E-state index < -0.39 is 0 Å². The molecule has 1 heterocycles. The Morgan fingerprint density at radius 2 is 2.10 bits per heavy atom. The molecular weight excluding hydrogens is 268 g/mol. The van der Waals surface area contributed by atoms with Gasteiger partial charge in [-0.3, -0.25) is 0 Å². The Hall–Kier alpha value is -1.98. The normalized spacial score (nSPS) is 10.9. The number of aliphatic hydroxyl groups is 1. The molecule has 0 fully saturated rings. The third kappa shape index (κ3) is 4.00. The van der Waals surface area contributed by atoms with E-state index in [0.29, 0.717) is 29.6 Å². The Morgan fingerprint density at radius 1 is 1.29 bits per heavy atom. The quantitative estimate of drug-likeness (QED) is 0.885. The van der Waals surface area contributed by atoms with E-state index in [2.05, 4.69) is 9.97 Å². The minimum absolute atomic E-state index is 0.185. The van der Waals surface area contributed by atoms with Crippen molar-refractivity contribution in [2.75, 3.05) is 7.11 Å². The van der Waals surface area contributed by atoms with Crippen molar-refractivity contribution >= 4 is 0 Å². The summed E-state index contributed by atoms with van der Waals surface area (Å²) in [6.07, 6.45) is 1.61.